The van der Waals surface area contributed by atoms with Crippen LogP contribution in [0.4, 0.5) is 5.69 Å². The Labute approximate surface area is 121 Å². The predicted molar refractivity (Wildman–Crippen MR) is 82.1 cm³/mol. The summed E-state index contributed by atoms with van der Waals surface area (Å²) in [5.74, 6) is 0.389. The zero-order valence-corrected chi connectivity index (χ0v) is 13.1. The summed E-state index contributed by atoms with van der Waals surface area (Å²) in [4.78, 5) is 11.5. The zero-order chi connectivity index (χ0) is 14.9. The van der Waals surface area contributed by atoms with Gasteiger partial charge in [-0.1, -0.05) is 20.8 Å². The van der Waals surface area contributed by atoms with Gasteiger partial charge in [-0.05, 0) is 54.9 Å². The first-order valence-corrected chi connectivity index (χ1v) is 7.28. The third kappa shape index (κ3) is 3.14. The lowest BCUT2D eigenvalue weighted by atomic mass is 9.91. The van der Waals surface area contributed by atoms with E-state index < -0.39 is 0 Å². The second-order valence-electron chi connectivity index (χ2n) is 6.82. The maximum Gasteiger partial charge on any atom is 0.337 e. The molecule has 1 aliphatic carbocycles. The van der Waals surface area contributed by atoms with Gasteiger partial charge in [-0.25, -0.2) is 4.79 Å². The highest BCUT2D eigenvalue weighted by Crippen LogP contribution is 2.42. The molecule has 2 unspecified atom stereocenters. The second-order valence-corrected chi connectivity index (χ2v) is 6.82. The van der Waals surface area contributed by atoms with E-state index in [1.54, 1.807) is 0 Å². The standard InChI is InChI=1S/C17H25NO2/c1-11-8-13(16(19)20-5)6-7-14(11)18-15-10-17(3,4)9-12(15)2/h6-8,12,15,18H,9-10H2,1-5H3. The SMILES string of the molecule is COC(=O)c1ccc(NC2CC(C)(C)CC2C)c(C)c1. The van der Waals surface area contributed by atoms with Gasteiger partial charge in [0.15, 0.2) is 0 Å². The number of hydrogen-bond donors (Lipinski definition) is 1. The van der Waals surface area contributed by atoms with Crippen LogP contribution in [0.2, 0.25) is 0 Å². The fraction of sp³-hybridized carbons (Fsp3) is 0.588. The van der Waals surface area contributed by atoms with Crippen LogP contribution in [0.15, 0.2) is 18.2 Å². The number of methoxy groups -OCH3 is 1. The number of esters is 1. The van der Waals surface area contributed by atoms with Crippen LogP contribution in [-0.2, 0) is 4.74 Å². The summed E-state index contributed by atoms with van der Waals surface area (Å²) < 4.78 is 4.75. The van der Waals surface area contributed by atoms with Crippen molar-refractivity contribution in [1.82, 2.24) is 0 Å². The quantitative estimate of drug-likeness (QED) is 0.847. The topological polar surface area (TPSA) is 38.3 Å². The molecule has 0 bridgehead atoms. The van der Waals surface area contributed by atoms with Crippen LogP contribution in [-0.4, -0.2) is 19.1 Å². The molecule has 3 heteroatoms. The van der Waals surface area contributed by atoms with Crippen molar-refractivity contribution in [3.8, 4) is 0 Å². The average Bonchev–Trinajstić information content (AvgIpc) is 2.63. The van der Waals surface area contributed by atoms with Crippen molar-refractivity contribution in [2.75, 3.05) is 12.4 Å². The largest absolute Gasteiger partial charge is 0.465 e. The minimum atomic E-state index is -0.282. The van der Waals surface area contributed by atoms with E-state index in [0.717, 1.165) is 11.3 Å². The number of aryl methyl sites for hydroxylation is 1. The molecule has 1 aromatic rings. The Morgan fingerprint density at radius 3 is 2.55 bits per heavy atom. The Bertz CT molecular complexity index is 508. The van der Waals surface area contributed by atoms with Gasteiger partial charge in [0, 0.05) is 11.7 Å². The van der Waals surface area contributed by atoms with Gasteiger partial charge in [-0.3, -0.25) is 0 Å². The Balaban J connectivity index is 2.13. The van der Waals surface area contributed by atoms with Crippen LogP contribution >= 0.6 is 0 Å². The minimum absolute atomic E-state index is 0.282. The van der Waals surface area contributed by atoms with Gasteiger partial charge in [-0.15, -0.1) is 0 Å². The number of hydrogen-bond acceptors (Lipinski definition) is 3. The highest BCUT2D eigenvalue weighted by atomic mass is 16.5. The summed E-state index contributed by atoms with van der Waals surface area (Å²) in [7, 11) is 1.41. The van der Waals surface area contributed by atoms with Crippen molar-refractivity contribution in [3.05, 3.63) is 29.3 Å². The molecule has 2 rings (SSSR count). The van der Waals surface area contributed by atoms with Gasteiger partial charge in [0.05, 0.1) is 12.7 Å². The van der Waals surface area contributed by atoms with Crippen LogP contribution in [0.5, 0.6) is 0 Å². The molecule has 0 aromatic heterocycles. The summed E-state index contributed by atoms with van der Waals surface area (Å²) in [6.07, 6.45) is 2.44. The first-order chi connectivity index (χ1) is 9.32. The van der Waals surface area contributed by atoms with E-state index in [0.29, 0.717) is 22.9 Å². The molecule has 0 heterocycles. The maximum absolute atomic E-state index is 11.5. The molecule has 0 saturated heterocycles. The Hall–Kier alpha value is -1.51. The highest BCUT2D eigenvalue weighted by molar-refractivity contribution is 5.90. The molecule has 1 N–H and O–H groups in total. The molecule has 3 nitrogen and oxygen atoms in total. The normalized spacial score (nSPS) is 24.4. The lowest BCUT2D eigenvalue weighted by molar-refractivity contribution is 0.0600. The summed E-state index contributed by atoms with van der Waals surface area (Å²) in [6.45, 7) is 9.00. The summed E-state index contributed by atoms with van der Waals surface area (Å²) in [6, 6.07) is 6.21. The molecule has 110 valence electrons. The van der Waals surface area contributed by atoms with E-state index >= 15 is 0 Å². The molecule has 1 fully saturated rings. The first-order valence-electron chi connectivity index (χ1n) is 7.28. The summed E-state index contributed by atoms with van der Waals surface area (Å²) in [5.41, 5.74) is 3.23. The highest BCUT2D eigenvalue weighted by Gasteiger charge is 2.36. The van der Waals surface area contributed by atoms with Gasteiger partial charge in [0.2, 0.25) is 0 Å². The molecule has 20 heavy (non-hydrogen) atoms. The number of anilines is 1. The van der Waals surface area contributed by atoms with E-state index in [9.17, 15) is 4.79 Å². The van der Waals surface area contributed by atoms with Crippen molar-refractivity contribution in [2.45, 2.75) is 46.6 Å². The van der Waals surface area contributed by atoms with Crippen LogP contribution in [0.1, 0.15) is 49.5 Å². The van der Waals surface area contributed by atoms with Crippen LogP contribution in [0, 0.1) is 18.3 Å². The van der Waals surface area contributed by atoms with E-state index in [1.807, 2.05) is 25.1 Å². The lowest BCUT2D eigenvalue weighted by Crippen LogP contribution is -2.23. The Morgan fingerprint density at radius 2 is 2.05 bits per heavy atom. The molecule has 0 amide bonds. The summed E-state index contributed by atoms with van der Waals surface area (Å²) >= 11 is 0. The third-order valence-corrected chi connectivity index (χ3v) is 4.32. The predicted octanol–water partition coefficient (Wildman–Crippen LogP) is 4.02. The third-order valence-electron chi connectivity index (χ3n) is 4.32. The van der Waals surface area contributed by atoms with E-state index in [-0.39, 0.29) is 5.97 Å². The van der Waals surface area contributed by atoms with Crippen LogP contribution < -0.4 is 5.32 Å². The molecule has 1 aromatic carbocycles. The maximum atomic E-state index is 11.5. The van der Waals surface area contributed by atoms with E-state index in [2.05, 4.69) is 26.1 Å². The molecule has 0 radical (unpaired) electrons. The number of carbonyl (C=O) groups is 1. The Kier molecular flexibility index (Phi) is 4.07. The van der Waals surface area contributed by atoms with Crippen molar-refractivity contribution >= 4 is 11.7 Å². The van der Waals surface area contributed by atoms with Crippen molar-refractivity contribution < 1.29 is 9.53 Å². The van der Waals surface area contributed by atoms with Gasteiger partial charge < -0.3 is 10.1 Å². The smallest absolute Gasteiger partial charge is 0.337 e. The van der Waals surface area contributed by atoms with Crippen molar-refractivity contribution in [1.29, 1.82) is 0 Å². The van der Waals surface area contributed by atoms with E-state index in [1.165, 1.54) is 20.0 Å². The lowest BCUT2D eigenvalue weighted by Gasteiger charge is -2.21. The van der Waals surface area contributed by atoms with Gasteiger partial charge in [-0.2, -0.15) is 0 Å². The summed E-state index contributed by atoms with van der Waals surface area (Å²) in [5, 5.41) is 3.65. The van der Waals surface area contributed by atoms with Crippen LogP contribution in [0.3, 0.4) is 0 Å². The number of carbonyl (C=O) groups excluding carboxylic acids is 1. The number of benzene rings is 1. The molecular formula is C17H25NO2. The first kappa shape index (κ1) is 14.9. The van der Waals surface area contributed by atoms with Gasteiger partial charge in [0.25, 0.3) is 0 Å². The zero-order valence-electron chi connectivity index (χ0n) is 13.1. The molecule has 2 atom stereocenters. The number of nitrogens with one attached hydrogen (secondary N) is 1. The van der Waals surface area contributed by atoms with Crippen LogP contribution in [0.25, 0.3) is 0 Å². The second kappa shape index (κ2) is 5.47. The minimum Gasteiger partial charge on any atom is -0.465 e. The molecule has 0 aliphatic heterocycles. The van der Waals surface area contributed by atoms with Crippen molar-refractivity contribution in [2.24, 2.45) is 11.3 Å². The van der Waals surface area contributed by atoms with E-state index in [4.69, 9.17) is 4.74 Å². The molecular weight excluding hydrogens is 250 g/mol. The molecule has 0 spiro atoms. The monoisotopic (exact) mass is 275 g/mol. The fourth-order valence-corrected chi connectivity index (χ4v) is 3.36. The average molecular weight is 275 g/mol. The van der Waals surface area contributed by atoms with Gasteiger partial charge in [0.1, 0.15) is 0 Å². The molecule has 1 aliphatic rings. The number of ether oxygens (including phenoxy) is 1. The molecule has 1 saturated carbocycles. The van der Waals surface area contributed by atoms with Crippen molar-refractivity contribution in [3.63, 3.8) is 0 Å². The Morgan fingerprint density at radius 1 is 1.35 bits per heavy atom. The fourth-order valence-electron chi connectivity index (χ4n) is 3.36. The number of rotatable bonds is 3. The van der Waals surface area contributed by atoms with Gasteiger partial charge >= 0.3 is 5.97 Å².